The number of unbranched alkanes of at least 4 members (excludes halogenated alkanes) is 1. The highest BCUT2D eigenvalue weighted by molar-refractivity contribution is 7.80. The first-order valence-electron chi connectivity index (χ1n) is 8.77. The van der Waals surface area contributed by atoms with Crippen LogP contribution in [0.2, 0.25) is 0 Å². The molecule has 1 saturated heterocycles. The molecule has 2 N–H and O–H groups in total. The number of rotatable bonds is 7. The first-order chi connectivity index (χ1) is 13.0. The summed E-state index contributed by atoms with van der Waals surface area (Å²) in [5, 5.41) is 5.33. The van der Waals surface area contributed by atoms with Crippen LogP contribution in [-0.2, 0) is 19.1 Å². The summed E-state index contributed by atoms with van der Waals surface area (Å²) in [6.07, 6.45) is 5.83. The Kier molecular flexibility index (Phi) is 8.00. The fourth-order valence-corrected chi connectivity index (χ4v) is 2.79. The Morgan fingerprint density at radius 2 is 2.33 bits per heavy atom. The minimum atomic E-state index is -0.810. The second-order valence-corrected chi connectivity index (χ2v) is 6.31. The maximum atomic E-state index is 12.2. The summed E-state index contributed by atoms with van der Waals surface area (Å²) >= 11 is 5.26. The number of furan rings is 1. The van der Waals surface area contributed by atoms with E-state index in [0.717, 1.165) is 12.8 Å². The van der Waals surface area contributed by atoms with Crippen molar-refractivity contribution in [1.29, 1.82) is 0 Å². The van der Waals surface area contributed by atoms with E-state index in [0.29, 0.717) is 25.5 Å². The Bertz CT molecular complexity index is 702. The van der Waals surface area contributed by atoms with Crippen LogP contribution in [0.15, 0.2) is 28.9 Å². The van der Waals surface area contributed by atoms with E-state index in [1.807, 2.05) is 6.92 Å². The lowest BCUT2D eigenvalue weighted by molar-refractivity contribution is -0.147. The molecule has 0 spiro atoms. The average molecular weight is 393 g/mol. The molecular weight excluding hydrogens is 370 g/mol. The number of esters is 1. The van der Waals surface area contributed by atoms with Crippen molar-refractivity contribution >= 4 is 41.2 Å². The van der Waals surface area contributed by atoms with E-state index >= 15 is 0 Å². The zero-order chi connectivity index (χ0) is 19.6. The molecule has 0 saturated carbocycles. The van der Waals surface area contributed by atoms with Gasteiger partial charge >= 0.3 is 5.97 Å². The summed E-state index contributed by atoms with van der Waals surface area (Å²) in [6.45, 7) is 3.08. The van der Waals surface area contributed by atoms with E-state index in [-0.39, 0.29) is 17.4 Å². The molecule has 1 atom stereocenters. The maximum Gasteiger partial charge on any atom is 0.308 e. The highest BCUT2D eigenvalue weighted by atomic mass is 32.1. The number of hydrogen-bond acceptors (Lipinski definition) is 6. The SMILES string of the molecule is CCCCOC(=O)C[C@H]1C(=O)NCCN1C(=S)NC(=O)/C=C/c1ccco1. The highest BCUT2D eigenvalue weighted by Gasteiger charge is 2.34. The van der Waals surface area contributed by atoms with Crippen molar-refractivity contribution in [3.8, 4) is 0 Å². The van der Waals surface area contributed by atoms with Crippen molar-refractivity contribution in [3.63, 3.8) is 0 Å². The van der Waals surface area contributed by atoms with E-state index in [9.17, 15) is 14.4 Å². The van der Waals surface area contributed by atoms with Crippen LogP contribution in [0.5, 0.6) is 0 Å². The standard InChI is InChI=1S/C18H23N3O5S/c1-2-3-10-26-16(23)12-14-17(24)19-8-9-21(14)18(27)20-15(22)7-6-13-5-4-11-25-13/h4-7,11,14H,2-3,8-10,12H2,1H3,(H,19,24)(H,20,22,27)/b7-6+/t14-/m0/s1. The van der Waals surface area contributed by atoms with Gasteiger partial charge in [-0.1, -0.05) is 13.3 Å². The van der Waals surface area contributed by atoms with Crippen LogP contribution in [0.25, 0.3) is 6.08 Å². The molecule has 0 radical (unpaired) electrons. The van der Waals surface area contributed by atoms with Crippen molar-refractivity contribution in [2.45, 2.75) is 32.2 Å². The predicted molar refractivity (Wildman–Crippen MR) is 102 cm³/mol. The average Bonchev–Trinajstić information content (AvgIpc) is 3.15. The van der Waals surface area contributed by atoms with Gasteiger partial charge in [0.05, 0.1) is 19.3 Å². The molecular formula is C18H23N3O5S. The van der Waals surface area contributed by atoms with Crippen LogP contribution in [0, 0.1) is 0 Å². The van der Waals surface area contributed by atoms with Crippen LogP contribution in [0.3, 0.4) is 0 Å². The number of carbonyl (C=O) groups excluding carboxylic acids is 3. The molecule has 0 unspecified atom stereocenters. The van der Waals surface area contributed by atoms with Gasteiger partial charge < -0.3 is 19.4 Å². The van der Waals surface area contributed by atoms with Gasteiger partial charge in [-0.3, -0.25) is 19.7 Å². The Balaban J connectivity index is 1.93. The molecule has 2 heterocycles. The van der Waals surface area contributed by atoms with Gasteiger partial charge in [0.15, 0.2) is 5.11 Å². The third-order valence-electron chi connectivity index (χ3n) is 3.88. The van der Waals surface area contributed by atoms with E-state index in [2.05, 4.69) is 10.6 Å². The fourth-order valence-electron chi connectivity index (χ4n) is 2.47. The van der Waals surface area contributed by atoms with Gasteiger partial charge in [-0.2, -0.15) is 0 Å². The van der Waals surface area contributed by atoms with Gasteiger partial charge in [-0.15, -0.1) is 0 Å². The Labute approximate surface area is 162 Å². The molecule has 146 valence electrons. The third-order valence-corrected chi connectivity index (χ3v) is 4.22. The first kappa shape index (κ1) is 20.6. The maximum absolute atomic E-state index is 12.2. The molecule has 8 nitrogen and oxygen atoms in total. The molecule has 0 aliphatic carbocycles. The Hall–Kier alpha value is -2.68. The largest absolute Gasteiger partial charge is 0.466 e. The third kappa shape index (κ3) is 6.52. The van der Waals surface area contributed by atoms with Crippen molar-refractivity contribution in [1.82, 2.24) is 15.5 Å². The highest BCUT2D eigenvalue weighted by Crippen LogP contribution is 2.11. The number of ether oxygens (including phenoxy) is 1. The summed E-state index contributed by atoms with van der Waals surface area (Å²) in [5.41, 5.74) is 0. The van der Waals surface area contributed by atoms with Crippen LogP contribution >= 0.6 is 12.2 Å². The summed E-state index contributed by atoms with van der Waals surface area (Å²) < 4.78 is 10.2. The van der Waals surface area contributed by atoms with Crippen molar-refractivity contribution in [2.75, 3.05) is 19.7 Å². The van der Waals surface area contributed by atoms with E-state index in [1.165, 1.54) is 23.3 Å². The van der Waals surface area contributed by atoms with Crippen molar-refractivity contribution in [2.24, 2.45) is 0 Å². The van der Waals surface area contributed by atoms with Crippen LogP contribution in [0.1, 0.15) is 31.9 Å². The molecule has 27 heavy (non-hydrogen) atoms. The summed E-state index contributed by atoms with van der Waals surface area (Å²) in [6, 6.07) is 2.60. The number of piperazine rings is 1. The molecule has 2 rings (SSSR count). The Morgan fingerprint density at radius 3 is 3.04 bits per heavy atom. The number of hydrogen-bond donors (Lipinski definition) is 2. The van der Waals surface area contributed by atoms with Gasteiger partial charge in [0, 0.05) is 19.2 Å². The van der Waals surface area contributed by atoms with Crippen molar-refractivity contribution < 1.29 is 23.5 Å². The van der Waals surface area contributed by atoms with E-state index < -0.39 is 17.9 Å². The molecule has 2 amide bonds. The lowest BCUT2D eigenvalue weighted by Crippen LogP contribution is -2.60. The quantitative estimate of drug-likeness (QED) is 0.311. The summed E-state index contributed by atoms with van der Waals surface area (Å²) in [4.78, 5) is 37.7. The topological polar surface area (TPSA) is 101 Å². The van der Waals surface area contributed by atoms with Crippen molar-refractivity contribution in [3.05, 3.63) is 30.2 Å². The number of amides is 2. The Morgan fingerprint density at radius 1 is 1.52 bits per heavy atom. The van der Waals surface area contributed by atoms with Gasteiger partial charge in [-0.25, -0.2) is 0 Å². The lowest BCUT2D eigenvalue weighted by Gasteiger charge is -2.36. The minimum absolute atomic E-state index is 0.0882. The molecule has 9 heteroatoms. The molecule has 1 aromatic heterocycles. The predicted octanol–water partition coefficient (Wildman–Crippen LogP) is 1.23. The van der Waals surface area contributed by atoms with Gasteiger partial charge in [-0.05, 0) is 36.8 Å². The molecule has 0 aromatic carbocycles. The van der Waals surface area contributed by atoms with Gasteiger partial charge in [0.1, 0.15) is 11.8 Å². The number of nitrogens with one attached hydrogen (secondary N) is 2. The van der Waals surface area contributed by atoms with Crippen LogP contribution in [-0.4, -0.2) is 53.5 Å². The molecule has 1 fully saturated rings. The first-order valence-corrected chi connectivity index (χ1v) is 9.18. The molecule has 1 aliphatic rings. The normalized spacial score (nSPS) is 16.9. The monoisotopic (exact) mass is 393 g/mol. The van der Waals surface area contributed by atoms with Crippen LogP contribution in [0.4, 0.5) is 0 Å². The number of carbonyl (C=O) groups is 3. The van der Waals surface area contributed by atoms with Gasteiger partial charge in [0.2, 0.25) is 11.8 Å². The molecule has 1 aromatic rings. The minimum Gasteiger partial charge on any atom is -0.466 e. The smallest absolute Gasteiger partial charge is 0.308 e. The van der Waals surface area contributed by atoms with Gasteiger partial charge in [0.25, 0.3) is 0 Å². The van der Waals surface area contributed by atoms with Crippen LogP contribution < -0.4 is 10.6 Å². The van der Waals surface area contributed by atoms with E-state index in [1.54, 1.807) is 12.1 Å². The van der Waals surface area contributed by atoms with E-state index in [4.69, 9.17) is 21.4 Å². The fraction of sp³-hybridized carbons (Fsp3) is 0.444. The second-order valence-electron chi connectivity index (χ2n) is 5.92. The number of nitrogens with zero attached hydrogens (tertiary/aromatic N) is 1. The number of thiocarbonyl (C=S) groups is 1. The zero-order valence-corrected chi connectivity index (χ0v) is 15.9. The zero-order valence-electron chi connectivity index (χ0n) is 15.1. The molecule has 1 aliphatic heterocycles. The molecule has 0 bridgehead atoms. The summed E-state index contributed by atoms with van der Waals surface area (Å²) in [7, 11) is 0. The summed E-state index contributed by atoms with van der Waals surface area (Å²) in [5.74, 6) is -0.716. The second kappa shape index (κ2) is 10.5. The lowest BCUT2D eigenvalue weighted by atomic mass is 10.1.